The lowest BCUT2D eigenvalue weighted by Gasteiger charge is -2.20. The number of hydrogen-bond donors (Lipinski definition) is 2. The SMILES string of the molecule is Cc1ccc(-c2nc(C(=O)NCCNC(=O)C3CCCCC3)cs2)c(C)c1. The maximum atomic E-state index is 12.3. The molecule has 1 saturated carbocycles. The van der Waals surface area contributed by atoms with Gasteiger partial charge in [0.1, 0.15) is 10.7 Å². The van der Waals surface area contributed by atoms with E-state index in [2.05, 4.69) is 41.6 Å². The van der Waals surface area contributed by atoms with E-state index in [1.54, 1.807) is 5.38 Å². The molecule has 2 aromatic rings. The van der Waals surface area contributed by atoms with Crippen molar-refractivity contribution in [2.24, 2.45) is 5.92 Å². The Kier molecular flexibility index (Phi) is 6.61. The first-order chi connectivity index (χ1) is 13.0. The van der Waals surface area contributed by atoms with Gasteiger partial charge in [-0.15, -0.1) is 11.3 Å². The monoisotopic (exact) mass is 385 g/mol. The average Bonchev–Trinajstić information content (AvgIpc) is 3.15. The van der Waals surface area contributed by atoms with E-state index >= 15 is 0 Å². The Hall–Kier alpha value is -2.21. The van der Waals surface area contributed by atoms with Gasteiger partial charge in [0.15, 0.2) is 0 Å². The molecular formula is C21H27N3O2S. The molecule has 27 heavy (non-hydrogen) atoms. The van der Waals surface area contributed by atoms with E-state index in [-0.39, 0.29) is 17.7 Å². The van der Waals surface area contributed by atoms with Gasteiger partial charge in [-0.25, -0.2) is 4.98 Å². The molecule has 1 aliphatic carbocycles. The number of rotatable bonds is 6. The van der Waals surface area contributed by atoms with Crippen molar-refractivity contribution in [3.8, 4) is 10.6 Å². The zero-order valence-electron chi connectivity index (χ0n) is 16.0. The van der Waals surface area contributed by atoms with Gasteiger partial charge in [0.05, 0.1) is 0 Å². The Balaban J connectivity index is 1.47. The summed E-state index contributed by atoms with van der Waals surface area (Å²) in [6, 6.07) is 6.22. The molecule has 1 fully saturated rings. The first-order valence-corrected chi connectivity index (χ1v) is 10.5. The summed E-state index contributed by atoms with van der Waals surface area (Å²) in [5.41, 5.74) is 3.85. The number of hydrogen-bond acceptors (Lipinski definition) is 4. The second-order valence-electron chi connectivity index (χ2n) is 7.24. The van der Waals surface area contributed by atoms with E-state index in [4.69, 9.17) is 0 Å². The van der Waals surface area contributed by atoms with Crippen LogP contribution < -0.4 is 10.6 Å². The molecule has 0 aliphatic heterocycles. The second-order valence-corrected chi connectivity index (χ2v) is 8.10. The molecule has 1 aromatic carbocycles. The fourth-order valence-electron chi connectivity index (χ4n) is 3.52. The third-order valence-corrected chi connectivity index (χ3v) is 5.91. The molecular weight excluding hydrogens is 358 g/mol. The average molecular weight is 386 g/mol. The molecule has 2 amide bonds. The third kappa shape index (κ3) is 5.16. The summed E-state index contributed by atoms with van der Waals surface area (Å²) < 4.78 is 0. The second kappa shape index (κ2) is 9.13. The predicted molar refractivity (Wildman–Crippen MR) is 109 cm³/mol. The Bertz CT molecular complexity index is 810. The number of nitrogens with one attached hydrogen (secondary N) is 2. The van der Waals surface area contributed by atoms with Crippen LogP contribution in [-0.2, 0) is 4.79 Å². The van der Waals surface area contributed by atoms with Crippen LogP contribution in [0.15, 0.2) is 23.6 Å². The number of thiazole rings is 1. The molecule has 0 bridgehead atoms. The summed E-state index contributed by atoms with van der Waals surface area (Å²) in [7, 11) is 0. The van der Waals surface area contributed by atoms with Gasteiger partial charge in [-0.3, -0.25) is 9.59 Å². The summed E-state index contributed by atoms with van der Waals surface area (Å²) in [6.07, 6.45) is 5.48. The van der Waals surface area contributed by atoms with Crippen LogP contribution in [0.2, 0.25) is 0 Å². The standard InChI is InChI=1S/C21H27N3O2S/c1-14-8-9-17(15(2)12-14)21-24-18(13-27-21)20(26)23-11-10-22-19(25)16-6-4-3-5-7-16/h8-9,12-13,16H,3-7,10-11H2,1-2H3,(H,22,25)(H,23,26). The van der Waals surface area contributed by atoms with Crippen molar-refractivity contribution in [3.05, 3.63) is 40.4 Å². The predicted octanol–water partition coefficient (Wildman–Crippen LogP) is 3.85. The van der Waals surface area contributed by atoms with Crippen LogP contribution in [0.3, 0.4) is 0 Å². The van der Waals surface area contributed by atoms with Gasteiger partial charge < -0.3 is 10.6 Å². The minimum absolute atomic E-state index is 0.120. The minimum Gasteiger partial charge on any atom is -0.354 e. The fraction of sp³-hybridized carbons (Fsp3) is 0.476. The molecule has 1 aliphatic rings. The van der Waals surface area contributed by atoms with E-state index in [1.807, 2.05) is 6.07 Å². The molecule has 2 N–H and O–H groups in total. The van der Waals surface area contributed by atoms with Gasteiger partial charge in [-0.2, -0.15) is 0 Å². The van der Waals surface area contributed by atoms with Crippen LogP contribution in [0.5, 0.6) is 0 Å². The maximum Gasteiger partial charge on any atom is 0.270 e. The van der Waals surface area contributed by atoms with Gasteiger partial charge in [-0.1, -0.05) is 43.0 Å². The molecule has 5 nitrogen and oxygen atoms in total. The van der Waals surface area contributed by atoms with Crippen molar-refractivity contribution in [1.82, 2.24) is 15.6 Å². The number of nitrogens with zero attached hydrogens (tertiary/aromatic N) is 1. The van der Waals surface area contributed by atoms with E-state index in [0.717, 1.165) is 41.8 Å². The van der Waals surface area contributed by atoms with Crippen LogP contribution >= 0.6 is 11.3 Å². The first kappa shape index (κ1) is 19.5. The maximum absolute atomic E-state index is 12.3. The number of aromatic nitrogens is 1. The van der Waals surface area contributed by atoms with Crippen molar-refractivity contribution in [1.29, 1.82) is 0 Å². The topological polar surface area (TPSA) is 71.1 Å². The fourth-order valence-corrected chi connectivity index (χ4v) is 4.41. The van der Waals surface area contributed by atoms with Gasteiger partial charge in [0.25, 0.3) is 5.91 Å². The van der Waals surface area contributed by atoms with Crippen molar-refractivity contribution in [2.75, 3.05) is 13.1 Å². The molecule has 0 unspecified atom stereocenters. The minimum atomic E-state index is -0.200. The zero-order chi connectivity index (χ0) is 19.2. The van der Waals surface area contributed by atoms with Crippen molar-refractivity contribution in [2.45, 2.75) is 46.0 Å². The summed E-state index contributed by atoms with van der Waals surface area (Å²) in [4.78, 5) is 28.9. The Morgan fingerprint density at radius 2 is 1.85 bits per heavy atom. The molecule has 0 atom stereocenters. The van der Waals surface area contributed by atoms with Crippen LogP contribution in [0.4, 0.5) is 0 Å². The summed E-state index contributed by atoms with van der Waals surface area (Å²) >= 11 is 1.47. The quantitative estimate of drug-likeness (QED) is 0.742. The van der Waals surface area contributed by atoms with Gasteiger partial charge >= 0.3 is 0 Å². The Labute approximate surface area is 164 Å². The number of benzene rings is 1. The number of aryl methyl sites for hydroxylation is 2. The highest BCUT2D eigenvalue weighted by atomic mass is 32.1. The highest BCUT2D eigenvalue weighted by molar-refractivity contribution is 7.13. The van der Waals surface area contributed by atoms with E-state index in [0.29, 0.717) is 18.8 Å². The summed E-state index contributed by atoms with van der Waals surface area (Å²) in [5.74, 6) is 0.0669. The van der Waals surface area contributed by atoms with Crippen molar-refractivity contribution in [3.63, 3.8) is 0 Å². The lowest BCUT2D eigenvalue weighted by atomic mass is 9.89. The van der Waals surface area contributed by atoms with Crippen LogP contribution in [0.25, 0.3) is 10.6 Å². The van der Waals surface area contributed by atoms with E-state index < -0.39 is 0 Å². The van der Waals surface area contributed by atoms with E-state index in [9.17, 15) is 9.59 Å². The number of carbonyl (C=O) groups excluding carboxylic acids is 2. The first-order valence-electron chi connectivity index (χ1n) is 9.63. The number of amides is 2. The van der Waals surface area contributed by atoms with Crippen molar-refractivity contribution >= 4 is 23.2 Å². The van der Waals surface area contributed by atoms with Crippen LogP contribution in [0.1, 0.15) is 53.7 Å². The molecule has 144 valence electrons. The normalized spacial score (nSPS) is 14.7. The van der Waals surface area contributed by atoms with E-state index in [1.165, 1.54) is 23.3 Å². The highest BCUT2D eigenvalue weighted by Gasteiger charge is 2.20. The number of carbonyl (C=O) groups is 2. The summed E-state index contributed by atoms with van der Waals surface area (Å²) in [5, 5.41) is 8.40. The lowest BCUT2D eigenvalue weighted by Crippen LogP contribution is -2.38. The molecule has 1 heterocycles. The molecule has 0 saturated heterocycles. The lowest BCUT2D eigenvalue weighted by molar-refractivity contribution is -0.125. The molecule has 3 rings (SSSR count). The van der Waals surface area contributed by atoms with Crippen LogP contribution in [0, 0.1) is 19.8 Å². The van der Waals surface area contributed by atoms with Crippen molar-refractivity contribution < 1.29 is 9.59 Å². The van der Waals surface area contributed by atoms with Crippen LogP contribution in [-0.4, -0.2) is 29.9 Å². The smallest absolute Gasteiger partial charge is 0.270 e. The largest absolute Gasteiger partial charge is 0.354 e. The Morgan fingerprint density at radius 3 is 2.59 bits per heavy atom. The molecule has 0 radical (unpaired) electrons. The van der Waals surface area contributed by atoms with Gasteiger partial charge in [-0.05, 0) is 32.3 Å². The Morgan fingerprint density at radius 1 is 1.11 bits per heavy atom. The zero-order valence-corrected chi connectivity index (χ0v) is 16.8. The molecule has 6 heteroatoms. The van der Waals surface area contributed by atoms with Gasteiger partial charge in [0.2, 0.25) is 5.91 Å². The molecule has 1 aromatic heterocycles. The van der Waals surface area contributed by atoms with Gasteiger partial charge in [0, 0.05) is 30.0 Å². The molecule has 0 spiro atoms. The highest BCUT2D eigenvalue weighted by Crippen LogP contribution is 2.27. The summed E-state index contributed by atoms with van der Waals surface area (Å²) in [6.45, 7) is 4.98. The third-order valence-electron chi connectivity index (χ3n) is 5.03.